The van der Waals surface area contributed by atoms with Gasteiger partial charge in [-0.15, -0.1) is 0 Å². The van der Waals surface area contributed by atoms with Crippen molar-refractivity contribution >= 4 is 45.6 Å². The van der Waals surface area contributed by atoms with E-state index in [9.17, 15) is 9.90 Å². The van der Waals surface area contributed by atoms with Crippen LogP contribution in [0.2, 0.25) is 5.02 Å². The van der Waals surface area contributed by atoms with Gasteiger partial charge in [-0.2, -0.15) is 0 Å². The molecular weight excluding hydrogens is 344 g/mol. The Kier molecular flexibility index (Phi) is 4.97. The molecule has 8 heteroatoms. The van der Waals surface area contributed by atoms with E-state index in [1.54, 1.807) is 30.3 Å². The lowest BCUT2D eigenvalue weighted by Crippen LogP contribution is -2.12. The van der Waals surface area contributed by atoms with E-state index in [1.165, 1.54) is 12.4 Å². The second-order valence-electron chi connectivity index (χ2n) is 5.27. The summed E-state index contributed by atoms with van der Waals surface area (Å²) in [6, 6.07) is 9.97. The number of fused-ring (bicyclic) bond motifs is 1. The molecule has 3 rings (SSSR count). The van der Waals surface area contributed by atoms with Gasteiger partial charge in [0.15, 0.2) is 0 Å². The molecule has 128 valence electrons. The Morgan fingerprint density at radius 2 is 1.92 bits per heavy atom. The molecule has 0 unspecified atom stereocenters. The van der Waals surface area contributed by atoms with Crippen LogP contribution in [0.15, 0.2) is 42.7 Å². The van der Waals surface area contributed by atoms with Crippen molar-refractivity contribution in [3.63, 3.8) is 0 Å². The zero-order valence-electron chi connectivity index (χ0n) is 13.0. The Morgan fingerprint density at radius 3 is 2.68 bits per heavy atom. The van der Waals surface area contributed by atoms with E-state index in [-0.39, 0.29) is 29.7 Å². The number of nitrogens with one attached hydrogen (secondary N) is 2. The Bertz CT molecular complexity index is 933. The Balaban J connectivity index is 1.94. The summed E-state index contributed by atoms with van der Waals surface area (Å²) in [5.41, 5.74) is 1.92. The molecule has 2 aromatic carbocycles. The summed E-state index contributed by atoms with van der Waals surface area (Å²) >= 11 is 5.92. The predicted octanol–water partition coefficient (Wildman–Crippen LogP) is 3.05. The highest BCUT2D eigenvalue weighted by molar-refractivity contribution is 6.32. The lowest BCUT2D eigenvalue weighted by Gasteiger charge is -2.11. The predicted molar refractivity (Wildman–Crippen MR) is 96.3 cm³/mol. The third-order valence-electron chi connectivity index (χ3n) is 3.47. The number of rotatable bonds is 5. The number of aromatic hydroxyl groups is 1. The molecule has 4 N–H and O–H groups in total. The molecule has 7 nitrogen and oxygen atoms in total. The van der Waals surface area contributed by atoms with Crippen LogP contribution in [0.5, 0.6) is 5.75 Å². The molecule has 0 bridgehead atoms. The minimum atomic E-state index is -0.279. The summed E-state index contributed by atoms with van der Waals surface area (Å²) < 4.78 is 0. The monoisotopic (exact) mass is 358 g/mol. The molecule has 25 heavy (non-hydrogen) atoms. The molecule has 1 aromatic heterocycles. The molecule has 3 aromatic rings. The highest BCUT2D eigenvalue weighted by Crippen LogP contribution is 2.30. The highest BCUT2D eigenvalue weighted by Gasteiger charge is 2.08. The largest absolute Gasteiger partial charge is 0.506 e. The van der Waals surface area contributed by atoms with Gasteiger partial charge in [0.2, 0.25) is 5.91 Å². The fourth-order valence-electron chi connectivity index (χ4n) is 2.28. The summed E-state index contributed by atoms with van der Waals surface area (Å²) in [6.07, 6.45) is 1.46. The molecule has 0 spiro atoms. The fourth-order valence-corrected chi connectivity index (χ4v) is 2.46. The SMILES string of the molecule is O=C(CCO)Nc1ccc2ncnc(Nc3ccc(O)c(Cl)c3)c2c1. The van der Waals surface area contributed by atoms with Gasteiger partial charge in [-0.3, -0.25) is 4.79 Å². The number of aromatic nitrogens is 2. The zero-order valence-corrected chi connectivity index (χ0v) is 13.8. The van der Waals surface area contributed by atoms with E-state index in [0.29, 0.717) is 28.1 Å². The molecule has 0 aliphatic heterocycles. The first-order chi connectivity index (χ1) is 12.1. The van der Waals surface area contributed by atoms with Crippen LogP contribution < -0.4 is 10.6 Å². The number of carbonyl (C=O) groups is 1. The smallest absolute Gasteiger partial charge is 0.226 e. The number of hydrogen-bond donors (Lipinski definition) is 4. The van der Waals surface area contributed by atoms with Crippen LogP contribution in [0, 0.1) is 0 Å². The van der Waals surface area contributed by atoms with Crippen molar-refractivity contribution in [3.8, 4) is 5.75 Å². The average Bonchev–Trinajstić information content (AvgIpc) is 2.59. The Labute approximate surface area is 148 Å². The molecule has 0 saturated carbocycles. The number of amides is 1. The summed E-state index contributed by atoms with van der Waals surface area (Å²) in [7, 11) is 0. The maximum absolute atomic E-state index is 11.6. The van der Waals surface area contributed by atoms with Gasteiger partial charge in [-0.1, -0.05) is 11.6 Å². The van der Waals surface area contributed by atoms with Gasteiger partial charge in [0.1, 0.15) is 17.9 Å². The van der Waals surface area contributed by atoms with E-state index < -0.39 is 0 Å². The minimum Gasteiger partial charge on any atom is -0.506 e. The maximum atomic E-state index is 11.6. The van der Waals surface area contributed by atoms with E-state index >= 15 is 0 Å². The van der Waals surface area contributed by atoms with Gasteiger partial charge in [0.05, 0.1) is 23.6 Å². The van der Waals surface area contributed by atoms with Gasteiger partial charge < -0.3 is 20.8 Å². The highest BCUT2D eigenvalue weighted by atomic mass is 35.5. The minimum absolute atomic E-state index is 0.00588. The van der Waals surface area contributed by atoms with Crippen molar-refractivity contribution in [1.82, 2.24) is 9.97 Å². The van der Waals surface area contributed by atoms with Crippen molar-refractivity contribution in [2.45, 2.75) is 6.42 Å². The molecular formula is C17H15ClN4O3. The lowest BCUT2D eigenvalue weighted by atomic mass is 10.2. The number of anilines is 3. The third-order valence-corrected chi connectivity index (χ3v) is 3.77. The molecule has 0 aliphatic carbocycles. The van der Waals surface area contributed by atoms with E-state index in [1.807, 2.05) is 0 Å². The van der Waals surface area contributed by atoms with E-state index in [0.717, 1.165) is 0 Å². The van der Waals surface area contributed by atoms with Gasteiger partial charge in [0, 0.05) is 16.8 Å². The number of carbonyl (C=O) groups excluding carboxylic acids is 1. The molecule has 0 saturated heterocycles. The number of hydrogen-bond acceptors (Lipinski definition) is 6. The first-order valence-electron chi connectivity index (χ1n) is 7.48. The molecule has 0 atom stereocenters. The van der Waals surface area contributed by atoms with Crippen LogP contribution in [-0.4, -0.2) is 32.7 Å². The molecule has 1 amide bonds. The first-order valence-corrected chi connectivity index (χ1v) is 7.85. The van der Waals surface area contributed by atoms with Crippen LogP contribution in [0.25, 0.3) is 10.9 Å². The third kappa shape index (κ3) is 3.96. The quantitative estimate of drug-likeness (QED) is 0.522. The first kappa shape index (κ1) is 16.9. The second kappa shape index (κ2) is 7.33. The molecule has 0 fully saturated rings. The normalized spacial score (nSPS) is 10.6. The standard InChI is InChI=1S/C17H15ClN4O3/c18-13-8-11(2-4-15(13)24)22-17-12-7-10(21-16(25)5-6-23)1-3-14(12)19-9-20-17/h1-4,7-9,23-24H,5-6H2,(H,21,25)(H,19,20,22). The number of phenolic OH excluding ortho intramolecular Hbond substituents is 1. The summed E-state index contributed by atoms with van der Waals surface area (Å²) in [5, 5.41) is 25.1. The number of phenols is 1. The molecule has 0 aliphatic rings. The Hall–Kier alpha value is -2.90. The summed E-state index contributed by atoms with van der Waals surface area (Å²) in [6.45, 7) is -0.211. The number of aliphatic hydroxyl groups excluding tert-OH is 1. The van der Waals surface area contributed by atoms with Crippen LogP contribution in [0.1, 0.15) is 6.42 Å². The summed E-state index contributed by atoms with van der Waals surface area (Å²) in [5.74, 6) is 0.247. The fraction of sp³-hybridized carbons (Fsp3) is 0.118. The second-order valence-corrected chi connectivity index (χ2v) is 5.67. The number of benzene rings is 2. The van der Waals surface area contributed by atoms with Gasteiger partial charge in [-0.25, -0.2) is 9.97 Å². The van der Waals surface area contributed by atoms with Gasteiger partial charge in [0.25, 0.3) is 0 Å². The van der Waals surface area contributed by atoms with Crippen molar-refractivity contribution in [1.29, 1.82) is 0 Å². The molecule has 0 radical (unpaired) electrons. The zero-order chi connectivity index (χ0) is 17.8. The van der Waals surface area contributed by atoms with E-state index in [4.69, 9.17) is 16.7 Å². The topological polar surface area (TPSA) is 107 Å². The van der Waals surface area contributed by atoms with E-state index in [2.05, 4.69) is 20.6 Å². The van der Waals surface area contributed by atoms with Crippen molar-refractivity contribution < 1.29 is 15.0 Å². The van der Waals surface area contributed by atoms with Crippen molar-refractivity contribution in [2.24, 2.45) is 0 Å². The lowest BCUT2D eigenvalue weighted by molar-refractivity contribution is -0.116. The Morgan fingerprint density at radius 1 is 1.12 bits per heavy atom. The summed E-state index contributed by atoms with van der Waals surface area (Å²) in [4.78, 5) is 20.1. The van der Waals surface area contributed by atoms with Crippen LogP contribution in [0.4, 0.5) is 17.2 Å². The number of nitrogens with zero attached hydrogens (tertiary/aromatic N) is 2. The average molecular weight is 359 g/mol. The van der Waals surface area contributed by atoms with Gasteiger partial charge in [-0.05, 0) is 36.4 Å². The maximum Gasteiger partial charge on any atom is 0.226 e. The number of aliphatic hydroxyl groups is 1. The van der Waals surface area contributed by atoms with Crippen LogP contribution in [0.3, 0.4) is 0 Å². The van der Waals surface area contributed by atoms with Crippen molar-refractivity contribution in [2.75, 3.05) is 17.2 Å². The number of halogens is 1. The van der Waals surface area contributed by atoms with Gasteiger partial charge >= 0.3 is 0 Å². The van der Waals surface area contributed by atoms with Crippen LogP contribution in [-0.2, 0) is 4.79 Å². The van der Waals surface area contributed by atoms with Crippen molar-refractivity contribution in [3.05, 3.63) is 47.7 Å². The van der Waals surface area contributed by atoms with Crippen LogP contribution >= 0.6 is 11.6 Å². The molecule has 1 heterocycles.